The summed E-state index contributed by atoms with van der Waals surface area (Å²) in [6.07, 6.45) is 8.70. The average molecular weight is 492 g/mol. The number of methoxy groups -OCH3 is 1. The van der Waals surface area contributed by atoms with Gasteiger partial charge in [-0.3, -0.25) is 9.59 Å². The Hall–Kier alpha value is -3.12. The number of carbonyl (C=O) groups excluding carboxylic acids is 2. The fourth-order valence-electron chi connectivity index (χ4n) is 4.48. The number of carbonyl (C=O) groups is 2. The number of aromatic nitrogens is 1. The van der Waals surface area contributed by atoms with Crippen LogP contribution in [0.2, 0.25) is 0 Å². The highest BCUT2D eigenvalue weighted by atomic mass is 16.5. The first-order chi connectivity index (χ1) is 17.6. The van der Waals surface area contributed by atoms with E-state index in [9.17, 15) is 9.59 Å². The molecule has 0 aliphatic rings. The van der Waals surface area contributed by atoms with Crippen molar-refractivity contribution in [1.29, 1.82) is 0 Å². The molecule has 1 aromatic heterocycles. The van der Waals surface area contributed by atoms with E-state index >= 15 is 0 Å². The zero-order valence-corrected chi connectivity index (χ0v) is 21.9. The van der Waals surface area contributed by atoms with Crippen LogP contribution < -0.4 is 0 Å². The Bertz CT molecular complexity index is 1060. The minimum absolute atomic E-state index is 0.0332. The maximum absolute atomic E-state index is 13.5. The van der Waals surface area contributed by atoms with Crippen molar-refractivity contribution >= 4 is 22.7 Å². The highest BCUT2D eigenvalue weighted by Gasteiger charge is 2.21. The Balaban J connectivity index is 1.67. The van der Waals surface area contributed by atoms with Crippen LogP contribution in [0.25, 0.3) is 10.9 Å². The number of hydrogen-bond donors (Lipinski definition) is 1. The summed E-state index contributed by atoms with van der Waals surface area (Å²) in [7, 11) is 1.62. The number of nitrogens with one attached hydrogen (secondary N) is 1. The molecule has 0 fully saturated rings. The Morgan fingerprint density at radius 3 is 2.39 bits per heavy atom. The topological polar surface area (TPSA) is 65.6 Å². The number of H-pyrrole nitrogens is 1. The van der Waals surface area contributed by atoms with E-state index in [1.807, 2.05) is 53.6 Å². The Kier molecular flexibility index (Phi) is 11.5. The van der Waals surface area contributed by atoms with Crippen molar-refractivity contribution in [2.24, 2.45) is 0 Å². The molecule has 1 N–H and O–H groups in total. The molecular weight excluding hydrogens is 450 g/mol. The summed E-state index contributed by atoms with van der Waals surface area (Å²) >= 11 is 0. The zero-order chi connectivity index (χ0) is 25.6. The molecule has 6 nitrogen and oxygen atoms in total. The van der Waals surface area contributed by atoms with Crippen LogP contribution in [0.3, 0.4) is 0 Å². The fraction of sp³-hybridized carbons (Fsp3) is 0.467. The van der Waals surface area contributed by atoms with E-state index in [1.54, 1.807) is 12.0 Å². The highest BCUT2D eigenvalue weighted by Crippen LogP contribution is 2.19. The summed E-state index contributed by atoms with van der Waals surface area (Å²) in [6, 6.07) is 18.3. The van der Waals surface area contributed by atoms with Crippen LogP contribution in [-0.4, -0.2) is 59.9 Å². The van der Waals surface area contributed by atoms with Crippen LogP contribution in [0, 0.1) is 0 Å². The molecule has 0 saturated carbocycles. The van der Waals surface area contributed by atoms with Gasteiger partial charge in [0.2, 0.25) is 11.8 Å². The molecule has 0 spiro atoms. The van der Waals surface area contributed by atoms with Crippen molar-refractivity contribution < 1.29 is 14.3 Å². The maximum Gasteiger partial charge on any atom is 0.242 e. The fourth-order valence-corrected chi connectivity index (χ4v) is 4.48. The number of amides is 2. The predicted octanol–water partition coefficient (Wildman–Crippen LogP) is 5.57. The number of benzene rings is 2. The Morgan fingerprint density at radius 1 is 0.861 bits per heavy atom. The Labute approximate surface area is 215 Å². The summed E-state index contributed by atoms with van der Waals surface area (Å²) in [5, 5.41) is 1.18. The largest absolute Gasteiger partial charge is 0.383 e. The molecule has 194 valence electrons. The average Bonchev–Trinajstić information content (AvgIpc) is 3.32. The van der Waals surface area contributed by atoms with E-state index in [0.717, 1.165) is 36.8 Å². The van der Waals surface area contributed by atoms with Gasteiger partial charge in [-0.1, -0.05) is 81.1 Å². The van der Waals surface area contributed by atoms with E-state index in [0.29, 0.717) is 32.7 Å². The molecule has 0 atom stereocenters. The molecule has 0 saturated heterocycles. The van der Waals surface area contributed by atoms with Gasteiger partial charge in [-0.2, -0.15) is 0 Å². The van der Waals surface area contributed by atoms with Crippen molar-refractivity contribution in [3.8, 4) is 0 Å². The number of fused-ring (bicyclic) bond motifs is 1. The van der Waals surface area contributed by atoms with Gasteiger partial charge in [-0.05, 0) is 30.0 Å². The number of para-hydroxylation sites is 1. The van der Waals surface area contributed by atoms with E-state index in [1.165, 1.54) is 23.8 Å². The molecule has 6 heteroatoms. The summed E-state index contributed by atoms with van der Waals surface area (Å²) in [5.41, 5.74) is 3.37. The first kappa shape index (κ1) is 27.5. The van der Waals surface area contributed by atoms with Crippen molar-refractivity contribution in [2.75, 3.05) is 33.4 Å². The number of rotatable bonds is 16. The minimum Gasteiger partial charge on any atom is -0.383 e. The first-order valence-electron chi connectivity index (χ1n) is 13.3. The summed E-state index contributed by atoms with van der Waals surface area (Å²) in [4.78, 5) is 33.4. The lowest BCUT2D eigenvalue weighted by atomic mass is 10.1. The molecule has 3 rings (SSSR count). The smallest absolute Gasteiger partial charge is 0.242 e. The van der Waals surface area contributed by atoms with Gasteiger partial charge in [-0.15, -0.1) is 0 Å². The van der Waals surface area contributed by atoms with Gasteiger partial charge in [0.1, 0.15) is 0 Å². The molecule has 2 aromatic carbocycles. The lowest BCUT2D eigenvalue weighted by molar-refractivity contribution is -0.141. The molecule has 0 bridgehead atoms. The van der Waals surface area contributed by atoms with Gasteiger partial charge >= 0.3 is 0 Å². The van der Waals surface area contributed by atoms with Crippen LogP contribution in [0.15, 0.2) is 60.8 Å². The zero-order valence-electron chi connectivity index (χ0n) is 21.9. The molecule has 36 heavy (non-hydrogen) atoms. The number of unbranched alkanes of at least 4 members (excludes halogenated alkanes) is 4. The molecule has 1 heterocycles. The highest BCUT2D eigenvalue weighted by molar-refractivity contribution is 5.85. The molecule has 0 aliphatic heterocycles. The van der Waals surface area contributed by atoms with Gasteiger partial charge in [0.15, 0.2) is 0 Å². The van der Waals surface area contributed by atoms with Gasteiger partial charge < -0.3 is 19.5 Å². The second-order valence-electron chi connectivity index (χ2n) is 9.38. The van der Waals surface area contributed by atoms with Crippen LogP contribution in [0.1, 0.15) is 56.6 Å². The number of hydrogen-bond acceptors (Lipinski definition) is 3. The normalized spacial score (nSPS) is 11.1. The van der Waals surface area contributed by atoms with Gasteiger partial charge in [-0.25, -0.2) is 0 Å². The minimum atomic E-state index is -0.0332. The van der Waals surface area contributed by atoms with Crippen molar-refractivity contribution in [2.45, 2.75) is 58.4 Å². The maximum atomic E-state index is 13.5. The third-order valence-electron chi connectivity index (χ3n) is 6.63. The SMILES string of the molecule is CCCCCCCC(=O)N(CCOC)CC(=O)N(CCc1c[nH]c2ccccc12)Cc1ccccc1. The number of aromatic amines is 1. The second-order valence-corrected chi connectivity index (χ2v) is 9.38. The molecule has 0 aliphatic carbocycles. The van der Waals surface area contributed by atoms with Crippen molar-refractivity contribution in [3.63, 3.8) is 0 Å². The summed E-state index contributed by atoms with van der Waals surface area (Å²) in [6.45, 7) is 4.21. The van der Waals surface area contributed by atoms with E-state index in [-0.39, 0.29) is 18.4 Å². The van der Waals surface area contributed by atoms with Crippen LogP contribution in [-0.2, 0) is 27.3 Å². The number of ether oxygens (including phenoxy) is 1. The lowest BCUT2D eigenvalue weighted by Gasteiger charge is -2.28. The summed E-state index contributed by atoms with van der Waals surface area (Å²) < 4.78 is 5.23. The lowest BCUT2D eigenvalue weighted by Crippen LogP contribution is -2.44. The van der Waals surface area contributed by atoms with E-state index < -0.39 is 0 Å². The van der Waals surface area contributed by atoms with Crippen LogP contribution in [0.5, 0.6) is 0 Å². The monoisotopic (exact) mass is 491 g/mol. The third-order valence-corrected chi connectivity index (χ3v) is 6.63. The second kappa shape index (κ2) is 15.1. The van der Waals surface area contributed by atoms with Gasteiger partial charge in [0.05, 0.1) is 13.2 Å². The van der Waals surface area contributed by atoms with Crippen LogP contribution >= 0.6 is 0 Å². The number of nitrogens with zero attached hydrogens (tertiary/aromatic N) is 2. The molecule has 3 aromatic rings. The van der Waals surface area contributed by atoms with E-state index in [2.05, 4.69) is 24.0 Å². The molecule has 2 amide bonds. The standard InChI is InChI=1S/C30H41N3O3/c1-3-4-5-6-10-17-29(34)33(20-21-36-2)24-30(35)32(23-25-13-8-7-9-14-25)19-18-26-22-31-28-16-12-11-15-27(26)28/h7-9,11-16,22,31H,3-6,10,17-21,23-24H2,1-2H3. The molecular formula is C30H41N3O3. The molecule has 0 radical (unpaired) electrons. The first-order valence-corrected chi connectivity index (χ1v) is 13.3. The third kappa shape index (κ3) is 8.52. The quantitative estimate of drug-likeness (QED) is 0.266. The molecule has 0 unspecified atom stereocenters. The predicted molar refractivity (Wildman–Crippen MR) is 146 cm³/mol. The van der Waals surface area contributed by atoms with Crippen molar-refractivity contribution in [1.82, 2.24) is 14.8 Å². The Morgan fingerprint density at radius 2 is 1.61 bits per heavy atom. The van der Waals surface area contributed by atoms with E-state index in [4.69, 9.17) is 4.74 Å². The summed E-state index contributed by atoms with van der Waals surface area (Å²) in [5.74, 6) is 0.00215. The van der Waals surface area contributed by atoms with Crippen LogP contribution in [0.4, 0.5) is 0 Å². The van der Waals surface area contributed by atoms with Gasteiger partial charge in [0.25, 0.3) is 0 Å². The van der Waals surface area contributed by atoms with Gasteiger partial charge in [0, 0.05) is 50.3 Å². The van der Waals surface area contributed by atoms with Crippen molar-refractivity contribution in [3.05, 3.63) is 71.9 Å².